The highest BCUT2D eigenvalue weighted by Crippen LogP contribution is 2.31. The van der Waals surface area contributed by atoms with Gasteiger partial charge in [0.2, 0.25) is 0 Å². The number of hydrogen-bond donors (Lipinski definition) is 1. The molecule has 0 saturated heterocycles. The summed E-state index contributed by atoms with van der Waals surface area (Å²) in [4.78, 5) is 12.8. The number of benzene rings is 1. The molecule has 0 spiro atoms. The molecule has 1 N–H and O–H groups in total. The summed E-state index contributed by atoms with van der Waals surface area (Å²) in [5, 5.41) is 8.66. The lowest BCUT2D eigenvalue weighted by atomic mass is 9.82. The van der Waals surface area contributed by atoms with Crippen LogP contribution in [0.25, 0.3) is 0 Å². The van der Waals surface area contributed by atoms with Crippen molar-refractivity contribution in [3.8, 4) is 0 Å². The average Bonchev–Trinajstić information content (AvgIpc) is 2.39. The van der Waals surface area contributed by atoms with Crippen LogP contribution >= 0.6 is 0 Å². The number of carboxylic acid groups (broad SMARTS) is 1. The molecule has 0 amide bonds. The Bertz CT molecular complexity index is 431. The fraction of sp³-hybridized carbons (Fsp3) is 0.562. The molecule has 3 heteroatoms. The van der Waals surface area contributed by atoms with E-state index in [9.17, 15) is 4.79 Å². The highest BCUT2D eigenvalue weighted by Gasteiger charge is 2.20. The predicted molar refractivity (Wildman–Crippen MR) is 76.5 cm³/mol. The molecule has 0 aliphatic heterocycles. The summed E-state index contributed by atoms with van der Waals surface area (Å²) >= 11 is 0. The minimum Gasteiger partial charge on any atom is -0.481 e. The Morgan fingerprint density at radius 1 is 1.42 bits per heavy atom. The van der Waals surface area contributed by atoms with Crippen molar-refractivity contribution in [2.45, 2.75) is 38.0 Å². The summed E-state index contributed by atoms with van der Waals surface area (Å²) in [6.45, 7) is 1.90. The standard InChI is InChI=1S/C16H23NO2/c1-17(11-5-10-16(18)19)12-14-8-4-7-13-6-2-3-9-15(13)14/h2-3,6,9,14H,4-5,7-8,10-12H2,1H3,(H,18,19). The Morgan fingerprint density at radius 3 is 3.00 bits per heavy atom. The Balaban J connectivity index is 1.88. The number of aliphatic carboxylic acids is 1. The largest absolute Gasteiger partial charge is 0.481 e. The van der Waals surface area contributed by atoms with Gasteiger partial charge in [0, 0.05) is 13.0 Å². The SMILES string of the molecule is CN(CCCC(=O)O)CC1CCCc2ccccc21. The molecule has 2 rings (SSSR count). The maximum atomic E-state index is 10.5. The second kappa shape index (κ2) is 6.71. The number of carbonyl (C=O) groups is 1. The smallest absolute Gasteiger partial charge is 0.303 e. The highest BCUT2D eigenvalue weighted by atomic mass is 16.4. The van der Waals surface area contributed by atoms with E-state index in [4.69, 9.17) is 5.11 Å². The van der Waals surface area contributed by atoms with Crippen molar-refractivity contribution < 1.29 is 9.90 Å². The second-order valence-corrected chi connectivity index (χ2v) is 5.55. The van der Waals surface area contributed by atoms with E-state index in [2.05, 4.69) is 36.2 Å². The zero-order valence-electron chi connectivity index (χ0n) is 11.6. The molecule has 1 atom stereocenters. The molecule has 1 aliphatic rings. The van der Waals surface area contributed by atoms with Gasteiger partial charge in [-0.1, -0.05) is 24.3 Å². The maximum absolute atomic E-state index is 10.5. The van der Waals surface area contributed by atoms with Crippen molar-refractivity contribution in [3.05, 3.63) is 35.4 Å². The third-order valence-corrected chi connectivity index (χ3v) is 3.96. The van der Waals surface area contributed by atoms with Crippen molar-refractivity contribution >= 4 is 5.97 Å². The minimum atomic E-state index is -0.698. The first-order valence-corrected chi connectivity index (χ1v) is 7.15. The number of likely N-dealkylation sites (N-methyl/N-ethyl adjacent to an activating group) is 1. The van der Waals surface area contributed by atoms with E-state index in [0.717, 1.165) is 19.5 Å². The first kappa shape index (κ1) is 14.1. The van der Waals surface area contributed by atoms with Gasteiger partial charge in [-0.2, -0.15) is 0 Å². The molecule has 1 aliphatic carbocycles. The Labute approximate surface area is 115 Å². The summed E-state index contributed by atoms with van der Waals surface area (Å²) in [6, 6.07) is 8.75. The van der Waals surface area contributed by atoms with Crippen LogP contribution in [0.4, 0.5) is 0 Å². The minimum absolute atomic E-state index is 0.269. The van der Waals surface area contributed by atoms with Gasteiger partial charge in [0.15, 0.2) is 0 Å². The molecule has 0 saturated carbocycles. The number of carboxylic acids is 1. The molecule has 0 heterocycles. The molecule has 1 aromatic carbocycles. The molecule has 0 aromatic heterocycles. The van der Waals surface area contributed by atoms with Gasteiger partial charge in [-0.05, 0) is 56.3 Å². The van der Waals surface area contributed by atoms with Gasteiger partial charge in [0.05, 0.1) is 0 Å². The molecular weight excluding hydrogens is 238 g/mol. The highest BCUT2D eigenvalue weighted by molar-refractivity contribution is 5.66. The van der Waals surface area contributed by atoms with E-state index in [0.29, 0.717) is 5.92 Å². The van der Waals surface area contributed by atoms with Crippen molar-refractivity contribution in [1.82, 2.24) is 4.90 Å². The van der Waals surface area contributed by atoms with Gasteiger partial charge in [0.25, 0.3) is 0 Å². The van der Waals surface area contributed by atoms with Crippen LogP contribution < -0.4 is 0 Å². The predicted octanol–water partition coefficient (Wildman–Crippen LogP) is 2.90. The van der Waals surface area contributed by atoms with Crippen LogP contribution in [0.2, 0.25) is 0 Å². The lowest BCUT2D eigenvalue weighted by Gasteiger charge is -2.29. The quantitative estimate of drug-likeness (QED) is 0.856. The first-order valence-electron chi connectivity index (χ1n) is 7.15. The van der Waals surface area contributed by atoms with Gasteiger partial charge in [0.1, 0.15) is 0 Å². The van der Waals surface area contributed by atoms with Crippen molar-refractivity contribution in [3.63, 3.8) is 0 Å². The molecule has 0 fully saturated rings. The number of aryl methyl sites for hydroxylation is 1. The Kier molecular flexibility index (Phi) is 4.97. The van der Waals surface area contributed by atoms with Crippen LogP contribution in [0.5, 0.6) is 0 Å². The van der Waals surface area contributed by atoms with Crippen molar-refractivity contribution in [1.29, 1.82) is 0 Å². The van der Waals surface area contributed by atoms with E-state index < -0.39 is 5.97 Å². The third-order valence-electron chi connectivity index (χ3n) is 3.96. The first-order chi connectivity index (χ1) is 9.16. The molecule has 1 aromatic rings. The van der Waals surface area contributed by atoms with Crippen LogP contribution in [0.1, 0.15) is 42.7 Å². The van der Waals surface area contributed by atoms with Crippen LogP contribution in [-0.4, -0.2) is 36.1 Å². The Hall–Kier alpha value is -1.35. The van der Waals surface area contributed by atoms with E-state index in [1.165, 1.54) is 30.4 Å². The molecule has 19 heavy (non-hydrogen) atoms. The van der Waals surface area contributed by atoms with Gasteiger partial charge in [-0.3, -0.25) is 4.79 Å². The average molecular weight is 261 g/mol. The number of hydrogen-bond acceptors (Lipinski definition) is 2. The van der Waals surface area contributed by atoms with Crippen LogP contribution in [0.15, 0.2) is 24.3 Å². The van der Waals surface area contributed by atoms with Crippen LogP contribution in [0, 0.1) is 0 Å². The molecule has 3 nitrogen and oxygen atoms in total. The van der Waals surface area contributed by atoms with E-state index in [1.54, 1.807) is 0 Å². The van der Waals surface area contributed by atoms with Gasteiger partial charge in [-0.15, -0.1) is 0 Å². The van der Waals surface area contributed by atoms with E-state index in [-0.39, 0.29) is 6.42 Å². The fourth-order valence-corrected chi connectivity index (χ4v) is 3.01. The van der Waals surface area contributed by atoms with Gasteiger partial charge in [-0.25, -0.2) is 0 Å². The summed E-state index contributed by atoms with van der Waals surface area (Å²) in [5.74, 6) is -0.0869. The summed E-state index contributed by atoms with van der Waals surface area (Å²) in [7, 11) is 2.10. The van der Waals surface area contributed by atoms with Crippen LogP contribution in [0.3, 0.4) is 0 Å². The van der Waals surface area contributed by atoms with Gasteiger partial charge < -0.3 is 10.0 Å². The number of nitrogens with zero attached hydrogens (tertiary/aromatic N) is 1. The topological polar surface area (TPSA) is 40.5 Å². The Morgan fingerprint density at radius 2 is 2.21 bits per heavy atom. The second-order valence-electron chi connectivity index (χ2n) is 5.55. The normalized spacial score (nSPS) is 18.3. The zero-order chi connectivity index (χ0) is 13.7. The molecule has 0 bridgehead atoms. The summed E-state index contributed by atoms with van der Waals surface area (Å²) in [6.07, 6.45) is 4.73. The lowest BCUT2D eigenvalue weighted by molar-refractivity contribution is -0.137. The monoisotopic (exact) mass is 261 g/mol. The number of rotatable bonds is 6. The lowest BCUT2D eigenvalue weighted by Crippen LogP contribution is -2.28. The van der Waals surface area contributed by atoms with Crippen molar-refractivity contribution in [2.75, 3.05) is 20.1 Å². The van der Waals surface area contributed by atoms with Crippen molar-refractivity contribution in [2.24, 2.45) is 0 Å². The zero-order valence-corrected chi connectivity index (χ0v) is 11.6. The van der Waals surface area contributed by atoms with E-state index in [1.807, 2.05) is 0 Å². The molecule has 104 valence electrons. The number of fused-ring (bicyclic) bond motifs is 1. The van der Waals surface area contributed by atoms with Gasteiger partial charge >= 0.3 is 5.97 Å². The molecule has 0 radical (unpaired) electrons. The third kappa shape index (κ3) is 4.06. The fourth-order valence-electron chi connectivity index (χ4n) is 3.01. The molecule has 1 unspecified atom stereocenters. The maximum Gasteiger partial charge on any atom is 0.303 e. The summed E-state index contributed by atoms with van der Waals surface area (Å²) < 4.78 is 0. The molecular formula is C16H23NO2. The van der Waals surface area contributed by atoms with E-state index >= 15 is 0 Å². The summed E-state index contributed by atoms with van der Waals surface area (Å²) in [5.41, 5.74) is 3.00. The van der Waals surface area contributed by atoms with Crippen LogP contribution in [-0.2, 0) is 11.2 Å².